The second-order valence-electron chi connectivity index (χ2n) is 4.04. The van der Waals surface area contributed by atoms with Crippen molar-refractivity contribution in [2.75, 3.05) is 0 Å². The van der Waals surface area contributed by atoms with Crippen LogP contribution in [0.25, 0.3) is 0 Å². The fraction of sp³-hybridized carbons (Fsp3) is 0.769. The van der Waals surface area contributed by atoms with Crippen molar-refractivity contribution in [3.8, 4) is 0 Å². The molecule has 0 saturated carbocycles. The van der Waals surface area contributed by atoms with Crippen molar-refractivity contribution in [1.29, 1.82) is 0 Å². The highest BCUT2D eigenvalue weighted by Gasteiger charge is 2.10. The van der Waals surface area contributed by atoms with E-state index in [2.05, 4.69) is 20.4 Å². The van der Waals surface area contributed by atoms with Gasteiger partial charge in [0.05, 0.1) is 0 Å². The van der Waals surface area contributed by atoms with Gasteiger partial charge in [-0.25, -0.2) is 0 Å². The molecular weight excluding hydrogens is 172 g/mol. The van der Waals surface area contributed by atoms with Crippen molar-refractivity contribution in [3.63, 3.8) is 0 Å². The van der Waals surface area contributed by atoms with E-state index in [1.54, 1.807) is 0 Å². The lowest BCUT2D eigenvalue weighted by Crippen LogP contribution is -2.10. The molecule has 0 fully saturated rings. The third-order valence-corrected chi connectivity index (χ3v) is 2.60. The van der Waals surface area contributed by atoms with Crippen LogP contribution in [-0.4, -0.2) is 5.78 Å². The maximum atomic E-state index is 11.5. The maximum Gasteiger partial charge on any atom is 0.135 e. The fourth-order valence-electron chi connectivity index (χ4n) is 1.61. The Bertz CT molecular complexity index is 161. The molecule has 1 nitrogen and oxygen atoms in total. The lowest BCUT2D eigenvalue weighted by atomic mass is 9.96. The van der Waals surface area contributed by atoms with Crippen LogP contribution in [0.3, 0.4) is 0 Å². The highest BCUT2D eigenvalue weighted by atomic mass is 16.1. The van der Waals surface area contributed by atoms with Gasteiger partial charge < -0.3 is 0 Å². The van der Waals surface area contributed by atoms with Gasteiger partial charge in [-0.2, -0.15) is 0 Å². The van der Waals surface area contributed by atoms with Gasteiger partial charge in [-0.1, -0.05) is 32.8 Å². The van der Waals surface area contributed by atoms with Gasteiger partial charge in [0.2, 0.25) is 0 Å². The van der Waals surface area contributed by atoms with Crippen molar-refractivity contribution < 1.29 is 4.79 Å². The molecule has 0 heterocycles. The predicted octanol–water partition coefficient (Wildman–Crippen LogP) is 4.13. The number of ketones is 1. The first kappa shape index (κ1) is 13.4. The molecule has 0 aliphatic heterocycles. The minimum absolute atomic E-state index is 0.277. The van der Waals surface area contributed by atoms with Gasteiger partial charge in [-0.3, -0.25) is 4.79 Å². The van der Waals surface area contributed by atoms with Crippen LogP contribution < -0.4 is 0 Å². The van der Waals surface area contributed by atoms with Gasteiger partial charge in [0.25, 0.3) is 0 Å². The lowest BCUT2D eigenvalue weighted by molar-refractivity contribution is -0.122. The zero-order valence-electron chi connectivity index (χ0n) is 9.72. The number of carbonyl (C=O) groups is 1. The largest absolute Gasteiger partial charge is 0.299 e. The number of allylic oxidation sites excluding steroid dienone is 1. The van der Waals surface area contributed by atoms with E-state index in [-0.39, 0.29) is 5.92 Å². The predicted molar refractivity (Wildman–Crippen MR) is 62.4 cm³/mol. The van der Waals surface area contributed by atoms with Gasteiger partial charge in [0.1, 0.15) is 5.78 Å². The number of hydrogen-bond donors (Lipinski definition) is 0. The van der Waals surface area contributed by atoms with E-state index in [1.165, 1.54) is 6.42 Å². The molecule has 1 atom stereocenters. The molecule has 14 heavy (non-hydrogen) atoms. The van der Waals surface area contributed by atoms with Gasteiger partial charge in [0, 0.05) is 12.3 Å². The van der Waals surface area contributed by atoms with Crippen molar-refractivity contribution >= 4 is 5.78 Å². The van der Waals surface area contributed by atoms with E-state index in [0.717, 1.165) is 38.5 Å². The first-order valence-electron chi connectivity index (χ1n) is 5.86. The highest BCUT2D eigenvalue weighted by molar-refractivity contribution is 5.80. The molecule has 1 heteroatoms. The molecular formula is C13H24O. The third kappa shape index (κ3) is 6.88. The molecule has 1 unspecified atom stereocenters. The topological polar surface area (TPSA) is 17.1 Å². The zero-order chi connectivity index (χ0) is 10.8. The molecule has 0 aliphatic rings. The lowest BCUT2D eigenvalue weighted by Gasteiger charge is -2.08. The molecule has 82 valence electrons. The summed E-state index contributed by atoms with van der Waals surface area (Å²) in [7, 11) is 0. The average molecular weight is 196 g/mol. The fourth-order valence-corrected chi connectivity index (χ4v) is 1.61. The third-order valence-electron chi connectivity index (χ3n) is 2.60. The van der Waals surface area contributed by atoms with Crippen LogP contribution in [0.15, 0.2) is 12.7 Å². The summed E-state index contributed by atoms with van der Waals surface area (Å²) < 4.78 is 0. The van der Waals surface area contributed by atoms with Gasteiger partial charge in [-0.15, -0.1) is 6.58 Å². The van der Waals surface area contributed by atoms with Crippen molar-refractivity contribution in [2.45, 2.75) is 58.8 Å². The number of carbonyl (C=O) groups excluding carboxylic acids is 1. The number of Topliss-reactive ketones (excluding diaryl/α,β-unsaturated/α-hetero) is 1. The smallest absolute Gasteiger partial charge is 0.135 e. The van der Waals surface area contributed by atoms with Crippen LogP contribution in [0.2, 0.25) is 0 Å². The molecule has 0 radical (unpaired) electrons. The Kier molecular flexibility index (Phi) is 8.61. The molecule has 0 rings (SSSR count). The summed E-state index contributed by atoms with van der Waals surface area (Å²) in [6, 6.07) is 0. The van der Waals surface area contributed by atoms with Gasteiger partial charge in [-0.05, 0) is 25.7 Å². The van der Waals surface area contributed by atoms with E-state index in [0.29, 0.717) is 5.78 Å². The summed E-state index contributed by atoms with van der Waals surface area (Å²) in [6.07, 6.45) is 9.36. The van der Waals surface area contributed by atoms with E-state index >= 15 is 0 Å². The summed E-state index contributed by atoms with van der Waals surface area (Å²) >= 11 is 0. The standard InChI is InChI=1S/C13H24O/c1-4-6-7-8-9-11-13(14)12(3)10-5-2/h4,12H,1,5-11H2,2-3H3. The Morgan fingerprint density at radius 2 is 2.07 bits per heavy atom. The number of unbranched alkanes of at least 4 members (excludes halogenated alkanes) is 3. The van der Waals surface area contributed by atoms with Crippen LogP contribution in [-0.2, 0) is 4.79 Å². The molecule has 0 spiro atoms. The first-order valence-corrected chi connectivity index (χ1v) is 5.86. The van der Waals surface area contributed by atoms with Crippen LogP contribution in [0.4, 0.5) is 0 Å². The second-order valence-corrected chi connectivity index (χ2v) is 4.04. The molecule has 0 aromatic rings. The molecule has 0 bridgehead atoms. The van der Waals surface area contributed by atoms with E-state index in [1.807, 2.05) is 6.08 Å². The maximum absolute atomic E-state index is 11.5. The van der Waals surface area contributed by atoms with Crippen molar-refractivity contribution in [1.82, 2.24) is 0 Å². The Morgan fingerprint density at radius 3 is 2.64 bits per heavy atom. The first-order chi connectivity index (χ1) is 6.72. The van der Waals surface area contributed by atoms with Crippen molar-refractivity contribution in [3.05, 3.63) is 12.7 Å². The van der Waals surface area contributed by atoms with E-state index < -0.39 is 0 Å². The number of rotatable bonds is 9. The Hall–Kier alpha value is -0.590. The summed E-state index contributed by atoms with van der Waals surface area (Å²) in [5, 5.41) is 0. The quantitative estimate of drug-likeness (QED) is 0.400. The average Bonchev–Trinajstić information content (AvgIpc) is 2.17. The summed E-state index contributed by atoms with van der Waals surface area (Å²) in [5.41, 5.74) is 0. The summed E-state index contributed by atoms with van der Waals surface area (Å²) in [5.74, 6) is 0.727. The van der Waals surface area contributed by atoms with Crippen LogP contribution in [0, 0.1) is 5.92 Å². The van der Waals surface area contributed by atoms with Crippen LogP contribution in [0.1, 0.15) is 58.8 Å². The summed E-state index contributed by atoms with van der Waals surface area (Å²) in [4.78, 5) is 11.5. The molecule has 0 aromatic carbocycles. The van der Waals surface area contributed by atoms with Crippen molar-refractivity contribution in [2.24, 2.45) is 5.92 Å². The highest BCUT2D eigenvalue weighted by Crippen LogP contribution is 2.12. The second kappa shape index (κ2) is 8.98. The van der Waals surface area contributed by atoms with E-state index in [9.17, 15) is 4.79 Å². The van der Waals surface area contributed by atoms with Crippen LogP contribution >= 0.6 is 0 Å². The normalized spacial score (nSPS) is 12.4. The van der Waals surface area contributed by atoms with Gasteiger partial charge in [0.15, 0.2) is 0 Å². The summed E-state index contributed by atoms with van der Waals surface area (Å²) in [6.45, 7) is 7.86. The molecule has 0 N–H and O–H groups in total. The van der Waals surface area contributed by atoms with E-state index in [4.69, 9.17) is 0 Å². The molecule has 0 aromatic heterocycles. The number of hydrogen-bond acceptors (Lipinski definition) is 1. The Balaban J connectivity index is 3.38. The molecule has 0 saturated heterocycles. The minimum Gasteiger partial charge on any atom is -0.299 e. The van der Waals surface area contributed by atoms with Crippen LogP contribution in [0.5, 0.6) is 0 Å². The Morgan fingerprint density at radius 1 is 1.36 bits per heavy atom. The minimum atomic E-state index is 0.277. The molecule has 0 amide bonds. The Labute approximate surface area is 88.6 Å². The monoisotopic (exact) mass is 196 g/mol. The SMILES string of the molecule is C=CCCCCCC(=O)C(C)CCC. The zero-order valence-corrected chi connectivity index (χ0v) is 9.72. The molecule has 0 aliphatic carbocycles. The van der Waals surface area contributed by atoms with Gasteiger partial charge >= 0.3 is 0 Å².